The predicted molar refractivity (Wildman–Crippen MR) is 113 cm³/mol. The Morgan fingerprint density at radius 3 is 2.74 bits per heavy atom. The first-order chi connectivity index (χ1) is 15.1. The van der Waals surface area contributed by atoms with E-state index in [0.29, 0.717) is 29.6 Å². The van der Waals surface area contributed by atoms with Crippen LogP contribution in [0.1, 0.15) is 11.1 Å². The fraction of sp³-hybridized carbons (Fsp3) is 0.273. The maximum Gasteiger partial charge on any atom is 0.387 e. The minimum Gasteiger partial charge on any atom is -0.454 e. The largest absolute Gasteiger partial charge is 0.454 e. The van der Waals surface area contributed by atoms with Gasteiger partial charge in [-0.1, -0.05) is 24.3 Å². The van der Waals surface area contributed by atoms with E-state index in [1.54, 1.807) is 19.3 Å². The quantitative estimate of drug-likeness (QED) is 0.443. The van der Waals surface area contributed by atoms with Gasteiger partial charge in [-0.05, 0) is 24.1 Å². The maximum absolute atomic E-state index is 12.8. The van der Waals surface area contributed by atoms with Gasteiger partial charge >= 0.3 is 6.61 Å². The zero-order valence-electron chi connectivity index (χ0n) is 16.9. The molecule has 9 heteroatoms. The van der Waals surface area contributed by atoms with E-state index in [4.69, 9.17) is 9.47 Å². The van der Waals surface area contributed by atoms with Gasteiger partial charge in [0.2, 0.25) is 6.79 Å². The number of alkyl halides is 2. The minimum absolute atomic E-state index is 0.0315. The molecular weight excluding hydrogens is 406 g/mol. The summed E-state index contributed by atoms with van der Waals surface area (Å²) in [7, 11) is 1.64. The van der Waals surface area contributed by atoms with E-state index in [-0.39, 0.29) is 19.1 Å². The van der Waals surface area contributed by atoms with E-state index in [2.05, 4.69) is 25.3 Å². The second-order valence-corrected chi connectivity index (χ2v) is 6.79. The van der Waals surface area contributed by atoms with Crippen molar-refractivity contribution < 1.29 is 23.0 Å². The van der Waals surface area contributed by atoms with Gasteiger partial charge in [-0.2, -0.15) is 8.78 Å². The molecule has 2 N–H and O–H groups in total. The summed E-state index contributed by atoms with van der Waals surface area (Å²) in [5.41, 5.74) is 2.61. The molecule has 1 aromatic heterocycles. The molecule has 31 heavy (non-hydrogen) atoms. The molecular formula is C22H22F2N4O3. The summed E-state index contributed by atoms with van der Waals surface area (Å²) >= 11 is 0. The summed E-state index contributed by atoms with van der Waals surface area (Å²) in [6.45, 7) is -2.05. The number of benzene rings is 2. The molecule has 0 atom stereocenters. The van der Waals surface area contributed by atoms with Crippen LogP contribution in [0, 0.1) is 0 Å². The third-order valence-corrected chi connectivity index (χ3v) is 4.84. The number of nitrogens with zero attached hydrogens (tertiary/aromatic N) is 2. The Labute approximate surface area is 178 Å². The van der Waals surface area contributed by atoms with Crippen molar-refractivity contribution in [2.45, 2.75) is 19.6 Å². The highest BCUT2D eigenvalue weighted by Crippen LogP contribution is 2.38. The van der Waals surface area contributed by atoms with Gasteiger partial charge in [-0.3, -0.25) is 9.98 Å². The molecule has 0 bridgehead atoms. The van der Waals surface area contributed by atoms with Crippen molar-refractivity contribution >= 4 is 16.9 Å². The smallest absolute Gasteiger partial charge is 0.387 e. The van der Waals surface area contributed by atoms with Gasteiger partial charge in [-0.25, -0.2) is 0 Å². The Hall–Kier alpha value is -3.62. The van der Waals surface area contributed by atoms with Crippen LogP contribution < -0.4 is 24.8 Å². The number of aromatic nitrogens is 1. The topological polar surface area (TPSA) is 77.0 Å². The van der Waals surface area contributed by atoms with Crippen molar-refractivity contribution in [2.75, 3.05) is 20.4 Å². The van der Waals surface area contributed by atoms with Crippen LogP contribution in [0.5, 0.6) is 17.2 Å². The number of aliphatic imine (C=N–C) groups is 1. The van der Waals surface area contributed by atoms with Gasteiger partial charge in [0.15, 0.2) is 17.5 Å². The first-order valence-corrected chi connectivity index (χ1v) is 9.78. The lowest BCUT2D eigenvalue weighted by Crippen LogP contribution is -2.38. The Bertz CT molecular complexity index is 1090. The van der Waals surface area contributed by atoms with E-state index in [0.717, 1.165) is 22.9 Å². The summed E-state index contributed by atoms with van der Waals surface area (Å²) in [4.78, 5) is 8.66. The van der Waals surface area contributed by atoms with E-state index in [1.165, 1.54) is 6.07 Å². The summed E-state index contributed by atoms with van der Waals surface area (Å²) in [6.07, 6.45) is 2.53. The Balaban J connectivity index is 1.38. The van der Waals surface area contributed by atoms with Crippen LogP contribution in [0.2, 0.25) is 0 Å². The van der Waals surface area contributed by atoms with Crippen molar-refractivity contribution in [1.82, 2.24) is 15.6 Å². The van der Waals surface area contributed by atoms with Gasteiger partial charge in [-0.15, -0.1) is 0 Å². The van der Waals surface area contributed by atoms with Gasteiger partial charge in [0, 0.05) is 43.4 Å². The van der Waals surface area contributed by atoms with E-state index >= 15 is 0 Å². The van der Waals surface area contributed by atoms with Gasteiger partial charge < -0.3 is 24.8 Å². The van der Waals surface area contributed by atoms with Crippen LogP contribution in [0.4, 0.5) is 8.78 Å². The molecule has 0 spiro atoms. The van der Waals surface area contributed by atoms with Gasteiger partial charge in [0.1, 0.15) is 5.75 Å². The van der Waals surface area contributed by atoms with Crippen molar-refractivity contribution in [3.05, 3.63) is 59.8 Å². The molecule has 0 aliphatic carbocycles. The monoisotopic (exact) mass is 428 g/mol. The van der Waals surface area contributed by atoms with Crippen molar-refractivity contribution in [2.24, 2.45) is 4.99 Å². The van der Waals surface area contributed by atoms with Crippen LogP contribution in [-0.4, -0.2) is 37.9 Å². The Kier molecular flexibility index (Phi) is 6.30. The molecule has 162 valence electrons. The number of ether oxygens (including phenoxy) is 3. The number of halogens is 2. The lowest BCUT2D eigenvalue weighted by atomic mass is 10.1. The zero-order chi connectivity index (χ0) is 21.6. The van der Waals surface area contributed by atoms with E-state index in [9.17, 15) is 8.78 Å². The number of rotatable bonds is 7. The summed E-state index contributed by atoms with van der Waals surface area (Å²) < 4.78 is 40.8. The molecule has 0 unspecified atom stereocenters. The fourth-order valence-electron chi connectivity index (χ4n) is 3.39. The van der Waals surface area contributed by atoms with Crippen LogP contribution in [0.15, 0.2) is 53.7 Å². The molecule has 4 rings (SSSR count). The highest BCUT2D eigenvalue weighted by molar-refractivity contribution is 5.82. The van der Waals surface area contributed by atoms with Gasteiger partial charge in [0.25, 0.3) is 0 Å². The van der Waals surface area contributed by atoms with Crippen molar-refractivity contribution in [3.63, 3.8) is 0 Å². The van der Waals surface area contributed by atoms with Crippen molar-refractivity contribution in [1.29, 1.82) is 0 Å². The molecule has 2 aromatic carbocycles. The molecule has 0 saturated carbocycles. The highest BCUT2D eigenvalue weighted by Gasteiger charge is 2.20. The Morgan fingerprint density at radius 2 is 1.94 bits per heavy atom. The molecule has 1 aliphatic heterocycles. The van der Waals surface area contributed by atoms with Crippen LogP contribution >= 0.6 is 0 Å². The molecule has 3 aromatic rings. The number of nitrogens with one attached hydrogen (secondary N) is 2. The average Bonchev–Trinajstić information content (AvgIpc) is 3.23. The Morgan fingerprint density at radius 1 is 1.13 bits per heavy atom. The highest BCUT2D eigenvalue weighted by atomic mass is 19.3. The number of pyridine rings is 1. The number of guanidine groups is 1. The lowest BCUT2D eigenvalue weighted by molar-refractivity contribution is -0.0505. The summed E-state index contributed by atoms with van der Waals surface area (Å²) in [6, 6.07) is 13.1. The molecule has 1 aliphatic rings. The number of hydrogen-bond donors (Lipinski definition) is 2. The number of para-hydroxylation sites is 1. The van der Waals surface area contributed by atoms with E-state index in [1.807, 2.05) is 30.3 Å². The molecule has 2 heterocycles. The zero-order valence-corrected chi connectivity index (χ0v) is 16.9. The average molecular weight is 428 g/mol. The predicted octanol–water partition coefficient (Wildman–Crippen LogP) is 3.47. The van der Waals surface area contributed by atoms with Crippen LogP contribution in [0.3, 0.4) is 0 Å². The summed E-state index contributed by atoms with van der Waals surface area (Å²) in [5, 5.41) is 7.44. The first kappa shape index (κ1) is 20.6. The standard InChI is InChI=1S/C22H22F2N4O3/c1-25-22(27-9-7-15-5-2-4-14-6-3-8-26-20(14)15)28-12-16-10-18-19(30-13-29-18)11-17(16)31-21(23)24/h2-6,8,10-11,21H,7,9,12-13H2,1H3,(H2,25,27,28). The second kappa shape index (κ2) is 9.46. The fourth-order valence-corrected chi connectivity index (χ4v) is 3.39. The maximum atomic E-state index is 12.8. The second-order valence-electron chi connectivity index (χ2n) is 6.79. The molecule has 0 fully saturated rings. The summed E-state index contributed by atoms with van der Waals surface area (Å²) in [5.74, 6) is 1.44. The molecule has 7 nitrogen and oxygen atoms in total. The van der Waals surface area contributed by atoms with Gasteiger partial charge in [0.05, 0.1) is 5.52 Å². The SMILES string of the molecule is CN=C(NCCc1cccc2cccnc12)NCc1cc2c(cc1OC(F)F)OCO2. The minimum atomic E-state index is -2.94. The first-order valence-electron chi connectivity index (χ1n) is 9.78. The molecule has 0 saturated heterocycles. The lowest BCUT2D eigenvalue weighted by Gasteiger charge is -2.15. The normalized spacial score (nSPS) is 13.0. The van der Waals surface area contributed by atoms with E-state index < -0.39 is 6.61 Å². The number of hydrogen-bond acceptors (Lipinski definition) is 5. The molecule has 0 amide bonds. The third-order valence-electron chi connectivity index (χ3n) is 4.84. The number of fused-ring (bicyclic) bond motifs is 2. The van der Waals surface area contributed by atoms with Crippen molar-refractivity contribution in [3.8, 4) is 17.2 Å². The molecule has 0 radical (unpaired) electrons. The third kappa shape index (κ3) is 4.93. The van der Waals surface area contributed by atoms with Crippen LogP contribution in [-0.2, 0) is 13.0 Å². The van der Waals surface area contributed by atoms with Crippen LogP contribution in [0.25, 0.3) is 10.9 Å².